The number of nitrogens with two attached hydrogens (primary N) is 1. The highest BCUT2D eigenvalue weighted by molar-refractivity contribution is 6.07. The van der Waals surface area contributed by atoms with E-state index in [2.05, 4.69) is 36.3 Å². The largest absolute Gasteiger partial charge is 0.444 e. The number of aromatic nitrogens is 4. The van der Waals surface area contributed by atoms with Gasteiger partial charge in [0.25, 0.3) is 23.6 Å². The van der Waals surface area contributed by atoms with Crippen LogP contribution in [-0.4, -0.2) is 112 Å². The number of nitrogens with one attached hydrogen (secondary N) is 4. The van der Waals surface area contributed by atoms with Gasteiger partial charge in [-0.05, 0) is 72.9 Å². The number of halogens is 3. The number of carbonyl (C=O) groups excluding carboxylic acids is 6. The maximum atomic E-state index is 13.1. The number of amides is 6. The van der Waals surface area contributed by atoms with Crippen LogP contribution in [0.3, 0.4) is 0 Å². The Morgan fingerprint density at radius 1 is 0.984 bits per heavy atom. The number of rotatable bonds is 19. The molecule has 1 atom stereocenters. The van der Waals surface area contributed by atoms with Gasteiger partial charge in [-0.25, -0.2) is 14.6 Å². The van der Waals surface area contributed by atoms with E-state index in [1.54, 1.807) is 30.3 Å². The van der Waals surface area contributed by atoms with Gasteiger partial charge < -0.3 is 40.5 Å². The molecule has 0 bridgehead atoms. The van der Waals surface area contributed by atoms with Crippen molar-refractivity contribution in [3.05, 3.63) is 107 Å². The van der Waals surface area contributed by atoms with Crippen LogP contribution in [0.2, 0.25) is 0 Å². The number of primary amides is 1. The van der Waals surface area contributed by atoms with Gasteiger partial charge in [-0.1, -0.05) is 12.1 Å². The van der Waals surface area contributed by atoms with E-state index in [1.165, 1.54) is 34.1 Å². The van der Waals surface area contributed by atoms with Crippen molar-refractivity contribution in [2.75, 3.05) is 50.2 Å². The number of carbonyl (C=O) groups is 6. The van der Waals surface area contributed by atoms with Crippen LogP contribution in [0.4, 0.5) is 24.7 Å². The number of pyridine rings is 1. The van der Waals surface area contributed by atoms with Gasteiger partial charge in [0.15, 0.2) is 11.4 Å². The van der Waals surface area contributed by atoms with Crippen LogP contribution in [0.15, 0.2) is 77.7 Å². The summed E-state index contributed by atoms with van der Waals surface area (Å²) in [5.74, 6) is -3.24. The van der Waals surface area contributed by atoms with Crippen molar-refractivity contribution in [2.45, 2.75) is 44.4 Å². The van der Waals surface area contributed by atoms with Crippen molar-refractivity contribution in [2.24, 2.45) is 5.73 Å². The highest BCUT2D eigenvalue weighted by Gasteiger charge is 2.39. The zero-order valence-corrected chi connectivity index (χ0v) is 33.9. The Hall–Kier alpha value is -7.46. The third kappa shape index (κ3) is 10.9. The van der Waals surface area contributed by atoms with Crippen LogP contribution in [0.25, 0.3) is 17.1 Å². The zero-order chi connectivity index (χ0) is 45.4. The summed E-state index contributed by atoms with van der Waals surface area (Å²) >= 11 is 0. The lowest BCUT2D eigenvalue weighted by molar-refractivity contribution is -0.137. The molecule has 334 valence electrons. The fourth-order valence-electron chi connectivity index (χ4n) is 7.00. The van der Waals surface area contributed by atoms with Crippen molar-refractivity contribution in [3.8, 4) is 17.1 Å². The van der Waals surface area contributed by atoms with Gasteiger partial charge in [0.2, 0.25) is 17.7 Å². The fraction of sp³-hybridized carbons (Fsp3) is 0.310. The molecular formula is C42H41F3N10O9. The summed E-state index contributed by atoms with van der Waals surface area (Å²) in [6.07, 6.45) is 1.03. The molecule has 7 rings (SSSR count). The predicted molar refractivity (Wildman–Crippen MR) is 219 cm³/mol. The Balaban J connectivity index is 0.813. The molecule has 0 spiro atoms. The predicted octanol–water partition coefficient (Wildman–Crippen LogP) is 3.40. The molecule has 3 aromatic heterocycles. The molecule has 0 aliphatic carbocycles. The molecule has 1 unspecified atom stereocenters. The summed E-state index contributed by atoms with van der Waals surface area (Å²) in [5, 5.41) is 13.9. The number of benzene rings is 2. The van der Waals surface area contributed by atoms with E-state index in [-0.39, 0.29) is 71.6 Å². The summed E-state index contributed by atoms with van der Waals surface area (Å²) in [4.78, 5) is 84.5. The maximum Gasteiger partial charge on any atom is 0.405 e. The van der Waals surface area contributed by atoms with Crippen molar-refractivity contribution in [3.63, 3.8) is 0 Å². The van der Waals surface area contributed by atoms with E-state index in [0.29, 0.717) is 62.4 Å². The summed E-state index contributed by atoms with van der Waals surface area (Å²) in [5.41, 5.74) is 8.48. The Labute approximate surface area is 361 Å². The van der Waals surface area contributed by atoms with Crippen molar-refractivity contribution >= 4 is 46.9 Å². The lowest BCUT2D eigenvalue weighted by Gasteiger charge is -2.29. The summed E-state index contributed by atoms with van der Waals surface area (Å²) < 4.78 is 55.8. The van der Waals surface area contributed by atoms with Gasteiger partial charge in [-0.2, -0.15) is 18.3 Å². The molecule has 1 saturated heterocycles. The van der Waals surface area contributed by atoms with Crippen molar-refractivity contribution < 1.29 is 55.8 Å². The molecule has 64 heavy (non-hydrogen) atoms. The second kappa shape index (κ2) is 19.7. The second-order valence-electron chi connectivity index (χ2n) is 14.6. The molecule has 2 aromatic carbocycles. The number of fused-ring (bicyclic) bond motifs is 1. The number of imide groups is 1. The fourth-order valence-corrected chi connectivity index (χ4v) is 7.00. The van der Waals surface area contributed by atoms with Gasteiger partial charge in [0.1, 0.15) is 24.7 Å². The normalized spacial score (nSPS) is 14.9. The third-order valence-corrected chi connectivity index (χ3v) is 10.1. The average Bonchev–Trinajstić information content (AvgIpc) is 4.02. The minimum absolute atomic E-state index is 0.0489. The SMILES string of the molecule is NC(=O)c1nn(-c2ccc(C(=O)NCCOCCOCCCc3cccc4c3CN(C3CCC(=O)NC3=O)C4=O)cc2)cc1NC(=O)c1coc(-c2ccnc(NCC(F)(F)F)c2)n1. The number of oxazole rings is 1. The molecular weight excluding hydrogens is 846 g/mol. The molecule has 2 aliphatic rings. The van der Waals surface area contributed by atoms with Gasteiger partial charge in [-0.15, -0.1) is 0 Å². The molecule has 0 radical (unpaired) electrons. The van der Waals surface area contributed by atoms with Crippen LogP contribution in [-0.2, 0) is 32.0 Å². The van der Waals surface area contributed by atoms with E-state index in [9.17, 15) is 41.9 Å². The number of anilines is 2. The van der Waals surface area contributed by atoms with Gasteiger partial charge in [-0.3, -0.25) is 34.1 Å². The number of hydrogen-bond donors (Lipinski definition) is 5. The molecule has 1 fully saturated rings. The quantitative estimate of drug-likeness (QED) is 0.0590. The number of hydrogen-bond acceptors (Lipinski definition) is 13. The molecule has 0 saturated carbocycles. The molecule has 5 heterocycles. The van der Waals surface area contributed by atoms with E-state index < -0.39 is 36.5 Å². The van der Waals surface area contributed by atoms with Crippen molar-refractivity contribution in [1.82, 2.24) is 35.3 Å². The summed E-state index contributed by atoms with van der Waals surface area (Å²) in [7, 11) is 0. The minimum Gasteiger partial charge on any atom is -0.444 e. The average molecular weight is 887 g/mol. The Morgan fingerprint density at radius 2 is 1.77 bits per heavy atom. The first-order chi connectivity index (χ1) is 30.7. The first kappa shape index (κ1) is 44.6. The van der Waals surface area contributed by atoms with Crippen LogP contribution in [0.5, 0.6) is 0 Å². The summed E-state index contributed by atoms with van der Waals surface area (Å²) in [6.45, 7) is 0.589. The molecule has 22 heteroatoms. The molecule has 6 amide bonds. The van der Waals surface area contributed by atoms with E-state index in [1.807, 2.05) is 12.1 Å². The molecule has 6 N–H and O–H groups in total. The highest BCUT2D eigenvalue weighted by atomic mass is 19.4. The van der Waals surface area contributed by atoms with E-state index in [4.69, 9.17) is 19.6 Å². The van der Waals surface area contributed by atoms with Gasteiger partial charge in [0, 0.05) is 49.0 Å². The number of ether oxygens (including phenoxy) is 2. The first-order valence-electron chi connectivity index (χ1n) is 20.0. The summed E-state index contributed by atoms with van der Waals surface area (Å²) in [6, 6.07) is 13.8. The monoisotopic (exact) mass is 886 g/mol. The first-order valence-corrected chi connectivity index (χ1v) is 20.0. The number of alkyl halides is 3. The van der Waals surface area contributed by atoms with E-state index >= 15 is 0 Å². The molecule has 5 aromatic rings. The number of piperidine rings is 1. The Kier molecular flexibility index (Phi) is 13.7. The standard InChI is InChI=1S/C42H41F3N10O9/c43-42(44,45)23-49-33-19-26(12-13-47-33)40-51-31(22-64-40)38(59)50-30-21-55(53-35(30)36(46)57)27-8-6-25(7-9-27)37(58)48-14-16-63-18-17-62-15-2-4-24-3-1-5-28-29(24)20-54(41(28)61)32-10-11-34(56)52-39(32)60/h1,3,5-9,12-13,19,21-22,32H,2,4,10-11,14-18,20,23H2,(H2,46,57)(H,47,49)(H,48,58)(H,50,59)(H,52,56,60). The van der Waals surface area contributed by atoms with Gasteiger partial charge in [0.05, 0.1) is 37.4 Å². The van der Waals surface area contributed by atoms with Gasteiger partial charge >= 0.3 is 6.18 Å². The highest BCUT2D eigenvalue weighted by Crippen LogP contribution is 2.31. The second-order valence-corrected chi connectivity index (χ2v) is 14.6. The van der Waals surface area contributed by atoms with Crippen molar-refractivity contribution in [1.29, 1.82) is 0 Å². The van der Waals surface area contributed by atoms with Crippen LogP contribution in [0, 0.1) is 0 Å². The topological polar surface area (TPSA) is 255 Å². The maximum absolute atomic E-state index is 13.1. The van der Waals surface area contributed by atoms with E-state index in [0.717, 1.165) is 17.4 Å². The Bertz CT molecular complexity index is 2560. The molecule has 19 nitrogen and oxygen atoms in total. The third-order valence-electron chi connectivity index (χ3n) is 10.1. The lowest BCUT2D eigenvalue weighted by Crippen LogP contribution is -2.52. The number of nitrogens with zero attached hydrogens (tertiary/aromatic N) is 5. The Morgan fingerprint density at radius 3 is 2.52 bits per heavy atom. The van der Waals surface area contributed by atoms with Crippen LogP contribution >= 0.6 is 0 Å². The lowest BCUT2D eigenvalue weighted by atomic mass is 10.00. The molecule has 2 aliphatic heterocycles. The zero-order valence-electron chi connectivity index (χ0n) is 33.9. The smallest absolute Gasteiger partial charge is 0.405 e. The number of aryl methyl sites for hydroxylation is 1. The van der Waals surface area contributed by atoms with Crippen LogP contribution < -0.4 is 27.0 Å². The minimum atomic E-state index is -4.46. The van der Waals surface area contributed by atoms with Crippen LogP contribution in [0.1, 0.15) is 72.1 Å².